The first-order valence-electron chi connectivity index (χ1n) is 15.6. The normalized spacial score (nSPS) is 28.0. The number of rotatable bonds is 13. The van der Waals surface area contributed by atoms with Gasteiger partial charge in [0.1, 0.15) is 0 Å². The minimum Gasteiger partial charge on any atom is -0.481 e. The first kappa shape index (κ1) is 32.2. The number of H-pyrrole nitrogens is 1. The van der Waals surface area contributed by atoms with Gasteiger partial charge < -0.3 is 25.8 Å². The van der Waals surface area contributed by atoms with Crippen molar-refractivity contribution in [3.05, 3.63) is 39.4 Å². The van der Waals surface area contributed by atoms with Crippen LogP contribution in [0.15, 0.2) is 21.8 Å². The van der Waals surface area contributed by atoms with E-state index in [9.17, 15) is 29.4 Å². The molecule has 10 nitrogen and oxygen atoms in total. The Bertz CT molecular complexity index is 1390. The Morgan fingerprint density at radius 1 is 0.907 bits per heavy atom. The fourth-order valence-electron chi connectivity index (χ4n) is 7.23. The highest BCUT2D eigenvalue weighted by atomic mass is 16.4. The van der Waals surface area contributed by atoms with Gasteiger partial charge in [-0.05, 0) is 73.3 Å². The summed E-state index contributed by atoms with van der Waals surface area (Å²) in [7, 11) is 0. The number of nitrogens with one attached hydrogen (secondary N) is 3. The number of aliphatic carboxylic acids is 2. The predicted molar refractivity (Wildman–Crippen MR) is 165 cm³/mol. The Hall–Kier alpha value is -3.69. The third-order valence-electron chi connectivity index (χ3n) is 10.0. The van der Waals surface area contributed by atoms with E-state index in [-0.39, 0.29) is 60.4 Å². The van der Waals surface area contributed by atoms with Crippen LogP contribution < -0.4 is 10.6 Å². The molecule has 1 aromatic heterocycles. The van der Waals surface area contributed by atoms with E-state index in [1.807, 2.05) is 33.8 Å². The molecule has 0 bridgehead atoms. The van der Waals surface area contributed by atoms with E-state index in [1.54, 1.807) is 0 Å². The maximum atomic E-state index is 12.5. The molecule has 3 aliphatic heterocycles. The number of aromatic amines is 1. The largest absolute Gasteiger partial charge is 0.481 e. The number of allylic oxidation sites excluding steroid dienone is 2. The average molecular weight is 595 g/mol. The van der Waals surface area contributed by atoms with Crippen molar-refractivity contribution in [2.45, 2.75) is 105 Å². The molecule has 3 aliphatic rings. The molecule has 5 N–H and O–H groups in total. The Morgan fingerprint density at radius 3 is 2.16 bits per heavy atom. The van der Waals surface area contributed by atoms with Crippen molar-refractivity contribution in [3.8, 4) is 0 Å². The summed E-state index contributed by atoms with van der Waals surface area (Å²) in [6.07, 6.45) is 5.30. The highest BCUT2D eigenvalue weighted by molar-refractivity contribution is 6.06. The molecular formula is C33H46N4O6. The van der Waals surface area contributed by atoms with Crippen LogP contribution in [0.4, 0.5) is 0 Å². The van der Waals surface area contributed by atoms with Gasteiger partial charge in [-0.3, -0.25) is 24.2 Å². The van der Waals surface area contributed by atoms with E-state index >= 15 is 0 Å². The molecule has 4 rings (SSSR count). The van der Waals surface area contributed by atoms with Gasteiger partial charge in [0.2, 0.25) is 11.8 Å². The smallest absolute Gasteiger partial charge is 0.303 e. The zero-order chi connectivity index (χ0) is 31.6. The lowest BCUT2D eigenvalue weighted by molar-refractivity contribution is -0.138. The number of carbonyl (C=O) groups is 4. The standard InChI is InChI=1S/C33H46N4O6/c1-7-20-19(6)32(42)37-27(20)14-25-18(5)23(10-12-31(40)41)29(35-25)15-28-22(9-11-30(38)39)17(4)24(34-28)13-26-16(3)21(8-2)33(43)36-26/h15-16,19-21,26-27,35H,7-14H2,1-6H3,(H,36,43)(H,37,42)(H,38,39)(H,40,41)/b28-15-/t16-,19-,20-,21-,26+,27+/m1/s1. The van der Waals surface area contributed by atoms with Crippen molar-refractivity contribution >= 4 is 35.5 Å². The number of hydrogen-bond acceptors (Lipinski definition) is 5. The maximum Gasteiger partial charge on any atom is 0.303 e. The van der Waals surface area contributed by atoms with Crippen LogP contribution in [-0.2, 0) is 32.0 Å². The molecule has 1 aromatic rings. The first-order chi connectivity index (χ1) is 20.4. The molecule has 43 heavy (non-hydrogen) atoms. The first-order valence-corrected chi connectivity index (χ1v) is 15.6. The molecule has 6 atom stereocenters. The SMILES string of the molecule is CC[C@H]1[C@H](Cc2[nH]c(/C=C3\N=C(C[C@@H]4NC(=O)[C@H](CC)[C@H]4C)C(C)=C3CCC(=O)O)c(CCC(=O)O)c2C)NC(=O)[C@@H]1C. The number of aromatic nitrogens is 1. The number of amides is 2. The van der Waals surface area contributed by atoms with Crippen LogP contribution in [0.1, 0.15) is 95.7 Å². The Labute approximate surface area is 253 Å². The lowest BCUT2D eigenvalue weighted by Gasteiger charge is -2.19. The quantitative estimate of drug-likeness (QED) is 0.225. The van der Waals surface area contributed by atoms with Crippen molar-refractivity contribution in [3.63, 3.8) is 0 Å². The molecule has 0 saturated carbocycles. The zero-order valence-electron chi connectivity index (χ0n) is 26.2. The summed E-state index contributed by atoms with van der Waals surface area (Å²) in [4.78, 5) is 56.5. The van der Waals surface area contributed by atoms with E-state index in [0.29, 0.717) is 31.4 Å². The second-order valence-corrected chi connectivity index (χ2v) is 12.5. The maximum absolute atomic E-state index is 12.5. The Balaban J connectivity index is 1.71. The van der Waals surface area contributed by atoms with Crippen LogP contribution in [0.25, 0.3) is 6.08 Å². The average Bonchev–Trinajstić information content (AvgIpc) is 3.59. The highest BCUT2D eigenvalue weighted by Gasteiger charge is 2.40. The van der Waals surface area contributed by atoms with Crippen LogP contribution in [0.5, 0.6) is 0 Å². The molecule has 0 unspecified atom stereocenters. The molecule has 234 valence electrons. The monoisotopic (exact) mass is 594 g/mol. The molecule has 0 aromatic carbocycles. The fourth-order valence-corrected chi connectivity index (χ4v) is 7.23. The van der Waals surface area contributed by atoms with Crippen LogP contribution in [0.3, 0.4) is 0 Å². The zero-order valence-corrected chi connectivity index (χ0v) is 26.2. The molecule has 0 radical (unpaired) electrons. The molecule has 10 heteroatoms. The van der Waals surface area contributed by atoms with Crippen LogP contribution in [0.2, 0.25) is 0 Å². The van der Waals surface area contributed by atoms with Gasteiger partial charge >= 0.3 is 11.9 Å². The van der Waals surface area contributed by atoms with E-state index in [4.69, 9.17) is 4.99 Å². The summed E-state index contributed by atoms with van der Waals surface area (Å²) in [5, 5.41) is 25.2. The van der Waals surface area contributed by atoms with Crippen molar-refractivity contribution in [1.29, 1.82) is 0 Å². The molecule has 0 spiro atoms. The van der Waals surface area contributed by atoms with E-state index < -0.39 is 11.9 Å². The number of carboxylic acids is 2. The summed E-state index contributed by atoms with van der Waals surface area (Å²) < 4.78 is 0. The fraction of sp³-hybridized carbons (Fsp3) is 0.606. The highest BCUT2D eigenvalue weighted by Crippen LogP contribution is 2.37. The van der Waals surface area contributed by atoms with Crippen molar-refractivity contribution < 1.29 is 29.4 Å². The van der Waals surface area contributed by atoms with Crippen molar-refractivity contribution in [2.24, 2.45) is 28.7 Å². The number of aliphatic imine (C=N–C) groups is 1. The summed E-state index contributed by atoms with van der Waals surface area (Å²) in [6.45, 7) is 12.1. The molecular weight excluding hydrogens is 548 g/mol. The Kier molecular flexibility index (Phi) is 9.97. The second kappa shape index (κ2) is 13.3. The number of nitrogens with zero attached hydrogens (tertiary/aromatic N) is 1. The van der Waals surface area contributed by atoms with Gasteiger partial charge in [-0.15, -0.1) is 0 Å². The lowest BCUT2D eigenvalue weighted by atomic mass is 9.87. The third-order valence-corrected chi connectivity index (χ3v) is 10.0. The van der Waals surface area contributed by atoms with Gasteiger partial charge in [-0.25, -0.2) is 0 Å². The minimum absolute atomic E-state index is 0.0161. The number of hydrogen-bond donors (Lipinski definition) is 5. The van der Waals surface area contributed by atoms with Crippen molar-refractivity contribution in [2.75, 3.05) is 0 Å². The molecule has 4 heterocycles. The van der Waals surface area contributed by atoms with E-state index in [2.05, 4.69) is 29.5 Å². The van der Waals surface area contributed by atoms with Crippen molar-refractivity contribution in [1.82, 2.24) is 15.6 Å². The summed E-state index contributed by atoms with van der Waals surface area (Å²) in [5.41, 5.74) is 6.85. The van der Waals surface area contributed by atoms with E-state index in [1.165, 1.54) is 0 Å². The molecule has 2 amide bonds. The van der Waals surface area contributed by atoms with Gasteiger partial charge in [0, 0.05) is 66.7 Å². The third kappa shape index (κ3) is 6.78. The predicted octanol–water partition coefficient (Wildman–Crippen LogP) is 4.57. The number of carboxylic acid groups (broad SMARTS) is 2. The van der Waals surface area contributed by atoms with Crippen LogP contribution in [-0.4, -0.2) is 56.7 Å². The van der Waals surface area contributed by atoms with Crippen LogP contribution in [0, 0.1) is 30.6 Å². The molecule has 2 saturated heterocycles. The van der Waals surface area contributed by atoms with Gasteiger partial charge in [0.15, 0.2) is 0 Å². The summed E-state index contributed by atoms with van der Waals surface area (Å²) >= 11 is 0. The minimum atomic E-state index is -0.894. The lowest BCUT2D eigenvalue weighted by Crippen LogP contribution is -2.31. The van der Waals surface area contributed by atoms with E-state index in [0.717, 1.165) is 52.2 Å². The number of carbonyl (C=O) groups excluding carboxylic acids is 2. The van der Waals surface area contributed by atoms with Gasteiger partial charge in [0.25, 0.3) is 0 Å². The summed E-state index contributed by atoms with van der Waals surface area (Å²) in [5.74, 6) is -1.38. The van der Waals surface area contributed by atoms with Gasteiger partial charge in [0.05, 0.1) is 5.70 Å². The van der Waals surface area contributed by atoms with Gasteiger partial charge in [-0.1, -0.05) is 34.1 Å². The summed E-state index contributed by atoms with van der Waals surface area (Å²) in [6, 6.07) is -0.0650. The van der Waals surface area contributed by atoms with Gasteiger partial charge in [-0.2, -0.15) is 0 Å². The molecule has 0 aliphatic carbocycles. The second-order valence-electron chi connectivity index (χ2n) is 12.5. The Morgan fingerprint density at radius 2 is 1.56 bits per heavy atom. The topological polar surface area (TPSA) is 161 Å². The van der Waals surface area contributed by atoms with Crippen LogP contribution >= 0.6 is 0 Å². The molecule has 2 fully saturated rings.